The van der Waals surface area contributed by atoms with Crippen molar-refractivity contribution in [3.63, 3.8) is 0 Å². The van der Waals surface area contributed by atoms with Gasteiger partial charge in [-0.05, 0) is 65.5 Å². The first-order chi connectivity index (χ1) is 16.5. The number of methoxy groups -OCH3 is 1. The van der Waals surface area contributed by atoms with Crippen LogP contribution in [0, 0.1) is 0 Å². The highest BCUT2D eigenvalue weighted by Gasteiger charge is 2.15. The number of aromatic nitrogens is 1. The molecule has 2 N–H and O–H groups in total. The van der Waals surface area contributed by atoms with Gasteiger partial charge < -0.3 is 10.1 Å². The van der Waals surface area contributed by atoms with Crippen LogP contribution in [0.15, 0.2) is 83.3 Å². The molecule has 0 radical (unpaired) electrons. The van der Waals surface area contributed by atoms with Crippen molar-refractivity contribution in [3.05, 3.63) is 88.9 Å². The molecular formula is C26H18BrN3O2S2. The first kappa shape index (κ1) is 22.5. The molecule has 0 bridgehead atoms. The van der Waals surface area contributed by atoms with Gasteiger partial charge in [0.1, 0.15) is 10.8 Å². The van der Waals surface area contributed by atoms with Crippen molar-refractivity contribution in [2.75, 3.05) is 12.4 Å². The summed E-state index contributed by atoms with van der Waals surface area (Å²) < 4.78 is 7.54. The fourth-order valence-electron chi connectivity index (χ4n) is 3.73. The van der Waals surface area contributed by atoms with Crippen LogP contribution in [0.4, 0.5) is 5.69 Å². The van der Waals surface area contributed by atoms with E-state index in [1.54, 1.807) is 24.5 Å². The summed E-state index contributed by atoms with van der Waals surface area (Å²) in [5, 5.41) is 8.76. The molecule has 1 amide bonds. The number of carbonyl (C=O) groups excluding carboxylic acids is 1. The number of rotatable bonds is 4. The van der Waals surface area contributed by atoms with E-state index in [2.05, 4.69) is 32.6 Å². The Bertz CT molecular complexity index is 1530. The van der Waals surface area contributed by atoms with Gasteiger partial charge in [-0.3, -0.25) is 10.1 Å². The van der Waals surface area contributed by atoms with E-state index in [1.165, 1.54) is 0 Å². The molecule has 0 saturated heterocycles. The van der Waals surface area contributed by atoms with E-state index in [4.69, 9.17) is 21.9 Å². The number of anilines is 1. The zero-order valence-electron chi connectivity index (χ0n) is 18.0. The normalized spacial score (nSPS) is 10.9. The summed E-state index contributed by atoms with van der Waals surface area (Å²) in [6.07, 6.45) is 0. The minimum Gasteiger partial charge on any atom is -0.495 e. The van der Waals surface area contributed by atoms with Crippen molar-refractivity contribution >= 4 is 77.2 Å². The molecule has 0 fully saturated rings. The van der Waals surface area contributed by atoms with Crippen LogP contribution in [-0.2, 0) is 0 Å². The van der Waals surface area contributed by atoms with Gasteiger partial charge in [-0.1, -0.05) is 52.3 Å². The number of carbonyl (C=O) groups is 1. The van der Waals surface area contributed by atoms with E-state index < -0.39 is 0 Å². The molecule has 168 valence electrons. The van der Waals surface area contributed by atoms with Crippen LogP contribution in [0.3, 0.4) is 0 Å². The van der Waals surface area contributed by atoms with Crippen LogP contribution in [0.25, 0.3) is 31.6 Å². The highest BCUT2D eigenvalue weighted by atomic mass is 79.9. The SMILES string of the molecule is COc1ccc(-c2nc3ccccc3s2)cc1NC(=S)NC(=O)c1cccc2c(Br)cccc12. The number of thiazole rings is 1. The Morgan fingerprint density at radius 2 is 1.79 bits per heavy atom. The first-order valence-corrected chi connectivity index (χ1v) is 12.4. The molecule has 0 aliphatic heterocycles. The quantitative estimate of drug-likeness (QED) is 0.237. The molecule has 0 saturated carbocycles. The topological polar surface area (TPSA) is 63.2 Å². The van der Waals surface area contributed by atoms with Gasteiger partial charge in [-0.15, -0.1) is 11.3 Å². The number of nitrogens with zero attached hydrogens (tertiary/aromatic N) is 1. The van der Waals surface area contributed by atoms with Crippen LogP contribution >= 0.6 is 39.5 Å². The average molecular weight is 548 g/mol. The van der Waals surface area contributed by atoms with Gasteiger partial charge in [0.2, 0.25) is 0 Å². The fraction of sp³-hybridized carbons (Fsp3) is 0.0385. The summed E-state index contributed by atoms with van der Waals surface area (Å²) in [5.41, 5.74) is 3.07. The zero-order chi connectivity index (χ0) is 23.7. The van der Waals surface area contributed by atoms with Gasteiger partial charge in [0.25, 0.3) is 5.91 Å². The summed E-state index contributed by atoms with van der Waals surface area (Å²) >= 11 is 10.6. The standard InChI is InChI=1S/C26H18BrN3O2S2/c1-32-22-13-12-15(25-28-20-10-2-3-11-23(20)34-25)14-21(22)29-26(33)30-24(31)18-8-4-7-17-16(18)6-5-9-19(17)27/h2-14H,1H3,(H2,29,30,31,33). The van der Waals surface area contributed by atoms with E-state index in [-0.39, 0.29) is 11.0 Å². The molecular weight excluding hydrogens is 530 g/mol. The Kier molecular flexibility index (Phi) is 6.28. The third kappa shape index (κ3) is 4.40. The number of nitrogens with one attached hydrogen (secondary N) is 2. The van der Waals surface area contributed by atoms with Crippen molar-refractivity contribution in [3.8, 4) is 16.3 Å². The molecule has 0 spiro atoms. The van der Waals surface area contributed by atoms with Crippen LogP contribution in [0.2, 0.25) is 0 Å². The van der Waals surface area contributed by atoms with Gasteiger partial charge >= 0.3 is 0 Å². The largest absolute Gasteiger partial charge is 0.495 e. The van der Waals surface area contributed by atoms with E-state index >= 15 is 0 Å². The minimum atomic E-state index is -0.289. The summed E-state index contributed by atoms with van der Waals surface area (Å²) in [6.45, 7) is 0. The van der Waals surface area contributed by atoms with E-state index in [9.17, 15) is 4.79 Å². The van der Waals surface area contributed by atoms with Crippen LogP contribution in [-0.4, -0.2) is 23.1 Å². The lowest BCUT2D eigenvalue weighted by Gasteiger charge is -2.14. The average Bonchev–Trinajstić information content (AvgIpc) is 3.28. The van der Waals surface area contributed by atoms with E-state index in [1.807, 2.05) is 66.7 Å². The van der Waals surface area contributed by atoms with E-state index in [0.29, 0.717) is 17.0 Å². The Morgan fingerprint density at radius 1 is 1.00 bits per heavy atom. The molecule has 5 aromatic rings. The number of fused-ring (bicyclic) bond motifs is 2. The highest BCUT2D eigenvalue weighted by molar-refractivity contribution is 9.10. The number of thiocarbonyl (C=S) groups is 1. The summed E-state index contributed by atoms with van der Waals surface area (Å²) in [6, 6.07) is 25.1. The van der Waals surface area contributed by atoms with Gasteiger partial charge in [-0.2, -0.15) is 0 Å². The van der Waals surface area contributed by atoms with Gasteiger partial charge in [0, 0.05) is 15.6 Å². The molecule has 1 heterocycles. The second-order valence-corrected chi connectivity index (χ2v) is 9.74. The summed E-state index contributed by atoms with van der Waals surface area (Å²) in [7, 11) is 1.59. The Labute approximate surface area is 213 Å². The molecule has 5 rings (SSSR count). The summed E-state index contributed by atoms with van der Waals surface area (Å²) in [4.78, 5) is 17.7. The Morgan fingerprint density at radius 3 is 2.62 bits per heavy atom. The number of para-hydroxylation sites is 1. The molecule has 0 atom stereocenters. The lowest BCUT2D eigenvalue weighted by atomic mass is 10.0. The molecule has 4 aromatic carbocycles. The molecule has 1 aromatic heterocycles. The smallest absolute Gasteiger partial charge is 0.258 e. The van der Waals surface area contributed by atoms with Gasteiger partial charge in [0.05, 0.1) is 23.0 Å². The monoisotopic (exact) mass is 547 g/mol. The van der Waals surface area contributed by atoms with Crippen molar-refractivity contribution < 1.29 is 9.53 Å². The maximum Gasteiger partial charge on any atom is 0.258 e. The number of hydrogen-bond donors (Lipinski definition) is 2. The number of amides is 1. The molecule has 8 heteroatoms. The Hall–Kier alpha value is -3.33. The van der Waals surface area contributed by atoms with Crippen LogP contribution in [0.1, 0.15) is 10.4 Å². The maximum atomic E-state index is 13.0. The van der Waals surface area contributed by atoms with Crippen molar-refractivity contribution in [2.24, 2.45) is 0 Å². The number of hydrogen-bond acceptors (Lipinski definition) is 5. The molecule has 0 unspecified atom stereocenters. The van der Waals surface area contributed by atoms with Crippen molar-refractivity contribution in [1.82, 2.24) is 10.3 Å². The maximum absolute atomic E-state index is 13.0. The van der Waals surface area contributed by atoms with Crippen molar-refractivity contribution in [1.29, 1.82) is 0 Å². The highest BCUT2D eigenvalue weighted by Crippen LogP contribution is 2.35. The third-order valence-electron chi connectivity index (χ3n) is 5.33. The second-order valence-electron chi connectivity index (χ2n) is 7.45. The predicted octanol–water partition coefficient (Wildman–Crippen LogP) is 7.01. The number of benzene rings is 4. The van der Waals surface area contributed by atoms with E-state index in [0.717, 1.165) is 36.0 Å². The fourth-order valence-corrected chi connectivity index (χ4v) is 5.39. The number of ether oxygens (including phenoxy) is 1. The van der Waals surface area contributed by atoms with Crippen molar-refractivity contribution in [2.45, 2.75) is 0 Å². The third-order valence-corrected chi connectivity index (χ3v) is 7.31. The number of halogens is 1. The summed E-state index contributed by atoms with van der Waals surface area (Å²) in [5.74, 6) is 0.318. The lowest BCUT2D eigenvalue weighted by molar-refractivity contribution is 0.0979. The molecule has 0 aliphatic rings. The minimum absolute atomic E-state index is 0.178. The lowest BCUT2D eigenvalue weighted by Crippen LogP contribution is -2.34. The first-order valence-electron chi connectivity index (χ1n) is 10.4. The predicted molar refractivity (Wildman–Crippen MR) is 147 cm³/mol. The Balaban J connectivity index is 1.39. The van der Waals surface area contributed by atoms with Gasteiger partial charge in [0.15, 0.2) is 5.11 Å². The molecule has 0 aliphatic carbocycles. The zero-order valence-corrected chi connectivity index (χ0v) is 21.2. The molecule has 5 nitrogen and oxygen atoms in total. The van der Waals surface area contributed by atoms with Crippen LogP contribution in [0.5, 0.6) is 5.75 Å². The molecule has 34 heavy (non-hydrogen) atoms. The van der Waals surface area contributed by atoms with Crippen LogP contribution < -0.4 is 15.4 Å². The van der Waals surface area contributed by atoms with Gasteiger partial charge in [-0.25, -0.2) is 4.98 Å². The second kappa shape index (κ2) is 9.50.